The molecule has 5 aromatic rings. The normalized spacial score (nSPS) is 25.0. The highest BCUT2D eigenvalue weighted by atomic mass is 32.2. The lowest BCUT2D eigenvalue weighted by atomic mass is 9.70. The Bertz CT molecular complexity index is 2890. The van der Waals surface area contributed by atoms with E-state index in [9.17, 15) is 33.2 Å². The molecule has 5 N–H and O–H groups in total. The van der Waals surface area contributed by atoms with Crippen LogP contribution in [0.5, 0.6) is 17.2 Å². The van der Waals surface area contributed by atoms with Gasteiger partial charge in [0.25, 0.3) is 27.2 Å². The molecule has 2 saturated heterocycles. The molecule has 4 fully saturated rings. The summed E-state index contributed by atoms with van der Waals surface area (Å²) in [4.78, 5) is 49.2. The standard InChI is InChI=1S/C50H59N7O9S/c1-30(2)35-7-4-5-8-36(35)37-9-6-10-40(37)56-28-50(29-56)18-21-55(22-19-50)33-11-12-38(42(24-33)66-44-23-32-15-20-51-46(32)53-48(44)59)47(58)54-67(63,64)34-25-41(57(61)62)45-43(26-34)65-27-39(52-45)31-13-16-49(3,60)17-14-31/h4-5,7-8,11-12,15,20,23-26,30-31,37,39-40,52,60H,6,9-10,13-14,16-19,21-22,27-29H2,1-3H3,(H,54,58)(H2,51,53,59)/t31?,37-,39+,40-,49?/m0/s1. The first-order chi connectivity index (χ1) is 32.1. The van der Waals surface area contributed by atoms with Crippen LogP contribution in [-0.4, -0.2) is 89.7 Å². The second-order valence-electron chi connectivity index (χ2n) is 20.2. The highest BCUT2D eigenvalue weighted by Crippen LogP contribution is 2.49. The largest absolute Gasteiger partial charge is 0.489 e. The summed E-state index contributed by atoms with van der Waals surface area (Å²) < 4.78 is 42.2. The van der Waals surface area contributed by atoms with Gasteiger partial charge in [0.05, 0.1) is 27.0 Å². The number of H-pyrrole nitrogens is 2. The van der Waals surface area contributed by atoms with Crippen molar-refractivity contribution >= 4 is 44.0 Å². The minimum atomic E-state index is -4.72. The van der Waals surface area contributed by atoms with Crippen LogP contribution in [0.1, 0.15) is 112 Å². The molecule has 0 radical (unpaired) electrons. The molecule has 3 aliphatic heterocycles. The molecule has 1 spiro atoms. The van der Waals surface area contributed by atoms with Crippen LogP contribution >= 0.6 is 0 Å². The SMILES string of the molecule is CC(C)c1ccccc1[C@@H]1CCC[C@@H]1N1CC2(CCN(c3ccc(C(=O)NS(=O)(=O)c4cc5c(c([N+](=O)[O-])c4)N[C@@H](C4CCC(C)(O)CC4)CO5)c(Oc4cc5cc[nH]c5[nH]c4=O)c3)CC2)C1. The zero-order chi connectivity index (χ0) is 46.8. The molecule has 0 bridgehead atoms. The van der Waals surface area contributed by atoms with Crippen LogP contribution in [0.2, 0.25) is 0 Å². The van der Waals surface area contributed by atoms with E-state index in [1.165, 1.54) is 42.5 Å². The van der Waals surface area contributed by atoms with E-state index in [0.717, 1.165) is 50.8 Å². The molecule has 2 aromatic heterocycles. The van der Waals surface area contributed by atoms with Gasteiger partial charge in [0.15, 0.2) is 17.2 Å². The zero-order valence-corrected chi connectivity index (χ0v) is 39.0. The molecular formula is C50H59N7O9S. The Morgan fingerprint density at radius 2 is 1.75 bits per heavy atom. The van der Waals surface area contributed by atoms with Gasteiger partial charge in [0, 0.05) is 67.7 Å². The zero-order valence-electron chi connectivity index (χ0n) is 38.2. The molecule has 1 amide bonds. The van der Waals surface area contributed by atoms with E-state index in [2.05, 4.69) is 67.9 Å². The van der Waals surface area contributed by atoms with Gasteiger partial charge in [-0.05, 0) is 117 Å². The van der Waals surface area contributed by atoms with Gasteiger partial charge in [-0.15, -0.1) is 0 Å². The van der Waals surface area contributed by atoms with E-state index >= 15 is 0 Å². The fraction of sp³-hybridized carbons (Fsp3) is 0.480. The van der Waals surface area contributed by atoms with Gasteiger partial charge in [-0.25, -0.2) is 13.1 Å². The lowest BCUT2D eigenvalue weighted by Crippen LogP contribution is -2.63. The number of piperidine rings is 1. The number of nitrogens with one attached hydrogen (secondary N) is 4. The van der Waals surface area contributed by atoms with Crippen molar-refractivity contribution in [1.82, 2.24) is 19.6 Å². The molecule has 354 valence electrons. The Morgan fingerprint density at radius 1 is 0.985 bits per heavy atom. The van der Waals surface area contributed by atoms with E-state index in [-0.39, 0.29) is 52.5 Å². The lowest BCUT2D eigenvalue weighted by Gasteiger charge is -2.57. The van der Waals surface area contributed by atoms with Crippen LogP contribution in [-0.2, 0) is 10.0 Å². The second-order valence-corrected chi connectivity index (χ2v) is 21.9. The number of hydrogen-bond acceptors (Lipinski definition) is 12. The van der Waals surface area contributed by atoms with Crippen LogP contribution in [0.4, 0.5) is 17.1 Å². The molecule has 16 nitrogen and oxygen atoms in total. The molecule has 2 saturated carbocycles. The summed E-state index contributed by atoms with van der Waals surface area (Å²) in [5.41, 5.74) is 2.51. The summed E-state index contributed by atoms with van der Waals surface area (Å²) in [5, 5.41) is 26.7. The fourth-order valence-corrected chi connectivity index (χ4v) is 12.6. The third-order valence-corrected chi connectivity index (χ3v) is 16.7. The third kappa shape index (κ3) is 8.77. The molecule has 3 atom stereocenters. The number of aromatic nitrogens is 2. The van der Waals surface area contributed by atoms with Gasteiger partial charge in [-0.2, -0.15) is 0 Å². The van der Waals surface area contributed by atoms with Crippen LogP contribution in [0.3, 0.4) is 0 Å². The first-order valence-corrected chi connectivity index (χ1v) is 25.2. The highest BCUT2D eigenvalue weighted by Gasteiger charge is 2.49. The second kappa shape index (κ2) is 17.3. The van der Waals surface area contributed by atoms with Gasteiger partial charge in [-0.1, -0.05) is 44.5 Å². The van der Waals surface area contributed by atoms with Crippen molar-refractivity contribution in [3.63, 3.8) is 0 Å². The molecule has 3 aromatic carbocycles. The summed E-state index contributed by atoms with van der Waals surface area (Å²) in [5.74, 6) is -0.0853. The number of nitrogens with zero attached hydrogens (tertiary/aromatic N) is 3. The minimum absolute atomic E-state index is 0.0260. The van der Waals surface area contributed by atoms with E-state index in [1.54, 1.807) is 37.4 Å². The predicted octanol–water partition coefficient (Wildman–Crippen LogP) is 8.15. The Labute approximate surface area is 389 Å². The molecule has 0 unspecified atom stereocenters. The number of aliphatic hydroxyl groups is 1. The number of anilines is 2. The third-order valence-electron chi connectivity index (χ3n) is 15.4. The van der Waals surface area contributed by atoms with E-state index in [4.69, 9.17) is 9.47 Å². The number of ether oxygens (including phenoxy) is 2. The van der Waals surface area contributed by atoms with Crippen molar-refractivity contribution in [1.29, 1.82) is 0 Å². The van der Waals surface area contributed by atoms with Crippen molar-refractivity contribution in [2.75, 3.05) is 43.0 Å². The van der Waals surface area contributed by atoms with Gasteiger partial charge < -0.3 is 34.8 Å². The summed E-state index contributed by atoms with van der Waals surface area (Å²) in [6.07, 6.45) is 9.90. The van der Waals surface area contributed by atoms with Gasteiger partial charge in [0.2, 0.25) is 0 Å². The summed E-state index contributed by atoms with van der Waals surface area (Å²) in [6.45, 7) is 10.2. The van der Waals surface area contributed by atoms with Gasteiger partial charge in [-0.3, -0.25) is 24.6 Å². The number of aromatic amines is 2. The van der Waals surface area contributed by atoms with E-state index in [1.807, 2.05) is 0 Å². The average molecular weight is 934 g/mol. The van der Waals surface area contributed by atoms with Crippen LogP contribution in [0.15, 0.2) is 82.6 Å². The molecule has 5 heterocycles. The molecule has 67 heavy (non-hydrogen) atoms. The number of likely N-dealkylation sites (tertiary alicyclic amines) is 1. The Hall–Kier alpha value is -5.91. The number of pyridine rings is 1. The van der Waals surface area contributed by atoms with Crippen LogP contribution in [0.25, 0.3) is 11.0 Å². The summed E-state index contributed by atoms with van der Waals surface area (Å²) in [7, 11) is -4.72. The number of sulfonamides is 1. The number of amides is 1. The molecule has 5 aliphatic rings. The first-order valence-electron chi connectivity index (χ1n) is 23.7. The lowest BCUT2D eigenvalue weighted by molar-refractivity contribution is -0.384. The summed E-state index contributed by atoms with van der Waals surface area (Å²) in [6, 6.07) is 19.5. The van der Waals surface area contributed by atoms with Crippen molar-refractivity contribution in [3.05, 3.63) is 110 Å². The molecule has 2 aliphatic carbocycles. The monoisotopic (exact) mass is 933 g/mol. The topological polar surface area (TPSA) is 212 Å². The van der Waals surface area contributed by atoms with Crippen molar-refractivity contribution in [2.24, 2.45) is 11.3 Å². The van der Waals surface area contributed by atoms with E-state index in [0.29, 0.717) is 54.6 Å². The Morgan fingerprint density at radius 3 is 2.49 bits per heavy atom. The van der Waals surface area contributed by atoms with Crippen molar-refractivity contribution < 1.29 is 32.7 Å². The van der Waals surface area contributed by atoms with Crippen molar-refractivity contribution in [3.8, 4) is 17.2 Å². The maximum atomic E-state index is 14.1. The molecular weight excluding hydrogens is 875 g/mol. The first kappa shape index (κ1) is 44.9. The van der Waals surface area contributed by atoms with E-state index < -0.39 is 42.6 Å². The fourth-order valence-electron chi connectivity index (χ4n) is 11.6. The smallest absolute Gasteiger partial charge is 0.297 e. The number of hydrogen-bond donors (Lipinski definition) is 5. The summed E-state index contributed by atoms with van der Waals surface area (Å²) >= 11 is 0. The Kier molecular flexibility index (Phi) is 11.6. The van der Waals surface area contributed by atoms with Crippen LogP contribution < -0.4 is 30.0 Å². The van der Waals surface area contributed by atoms with Crippen molar-refractivity contribution in [2.45, 2.75) is 113 Å². The number of rotatable bonds is 11. The maximum absolute atomic E-state index is 14.1. The quantitative estimate of drug-likeness (QED) is 0.0627. The number of nitro benzene ring substituents is 1. The van der Waals surface area contributed by atoms with Gasteiger partial charge >= 0.3 is 0 Å². The predicted molar refractivity (Wildman–Crippen MR) is 255 cm³/mol. The van der Waals surface area contributed by atoms with Gasteiger partial charge in [0.1, 0.15) is 18.0 Å². The molecule has 17 heteroatoms. The number of fused-ring (bicyclic) bond motifs is 2. The number of benzene rings is 3. The van der Waals surface area contributed by atoms with Crippen LogP contribution in [0, 0.1) is 21.4 Å². The highest BCUT2D eigenvalue weighted by molar-refractivity contribution is 7.90. The number of carbonyl (C=O) groups is 1. The average Bonchev–Trinajstić information content (AvgIpc) is 3.97. The minimum Gasteiger partial charge on any atom is -0.489 e. The molecule has 10 rings (SSSR count). The Balaban J connectivity index is 0.867. The number of nitro groups is 1. The number of carbonyl (C=O) groups excluding carboxylic acids is 1. The maximum Gasteiger partial charge on any atom is 0.297 e.